The van der Waals surface area contributed by atoms with Crippen LogP contribution in [0.2, 0.25) is 0 Å². The summed E-state index contributed by atoms with van der Waals surface area (Å²) in [5.74, 6) is 1.56. The minimum Gasteiger partial charge on any atom is -0.369 e. The van der Waals surface area contributed by atoms with E-state index in [4.69, 9.17) is 0 Å². The van der Waals surface area contributed by atoms with Crippen molar-refractivity contribution in [2.75, 3.05) is 25.0 Å². The third-order valence-corrected chi connectivity index (χ3v) is 3.46. The lowest BCUT2D eigenvalue weighted by atomic mass is 9.91. The molecule has 1 fully saturated rings. The van der Waals surface area contributed by atoms with E-state index in [0.29, 0.717) is 0 Å². The molecule has 1 saturated heterocycles. The number of anilines is 1. The Bertz CT molecular complexity index is 354. The number of piperidine rings is 1. The molecule has 3 nitrogen and oxygen atoms in total. The highest BCUT2D eigenvalue weighted by Crippen LogP contribution is 2.28. The van der Waals surface area contributed by atoms with Gasteiger partial charge < -0.3 is 10.2 Å². The molecule has 1 aromatic heterocycles. The van der Waals surface area contributed by atoms with Crippen molar-refractivity contribution in [3.8, 4) is 0 Å². The Balaban J connectivity index is 2.20. The molecule has 1 aliphatic heterocycles. The van der Waals surface area contributed by atoms with E-state index >= 15 is 0 Å². The maximum Gasteiger partial charge on any atom is 0.0598 e. The summed E-state index contributed by atoms with van der Waals surface area (Å²) in [6.45, 7) is 7.92. The SMILES string of the molecule is CNCc1ccncc1N1CC(C)CC(C)C1. The second kappa shape index (κ2) is 5.50. The van der Waals surface area contributed by atoms with Gasteiger partial charge in [-0.3, -0.25) is 4.98 Å². The molecule has 1 aromatic rings. The molecule has 2 rings (SSSR count). The van der Waals surface area contributed by atoms with Gasteiger partial charge in [0.25, 0.3) is 0 Å². The van der Waals surface area contributed by atoms with E-state index < -0.39 is 0 Å². The van der Waals surface area contributed by atoms with Crippen LogP contribution in [0.5, 0.6) is 0 Å². The van der Waals surface area contributed by atoms with Gasteiger partial charge in [-0.15, -0.1) is 0 Å². The van der Waals surface area contributed by atoms with E-state index in [1.54, 1.807) is 0 Å². The first-order chi connectivity index (χ1) is 8.20. The van der Waals surface area contributed by atoms with Crippen LogP contribution in [0.25, 0.3) is 0 Å². The smallest absolute Gasteiger partial charge is 0.0598 e. The summed E-state index contributed by atoms with van der Waals surface area (Å²) in [5, 5.41) is 3.23. The molecule has 2 unspecified atom stereocenters. The van der Waals surface area contributed by atoms with E-state index in [9.17, 15) is 0 Å². The summed E-state index contributed by atoms with van der Waals surface area (Å²) in [7, 11) is 1.99. The second-order valence-corrected chi connectivity index (χ2v) is 5.39. The summed E-state index contributed by atoms with van der Waals surface area (Å²) < 4.78 is 0. The number of hydrogen-bond donors (Lipinski definition) is 1. The van der Waals surface area contributed by atoms with Gasteiger partial charge >= 0.3 is 0 Å². The topological polar surface area (TPSA) is 28.2 Å². The summed E-state index contributed by atoms with van der Waals surface area (Å²) in [6.07, 6.45) is 5.24. The quantitative estimate of drug-likeness (QED) is 0.868. The monoisotopic (exact) mass is 233 g/mol. The second-order valence-electron chi connectivity index (χ2n) is 5.39. The molecule has 1 aliphatic rings. The van der Waals surface area contributed by atoms with E-state index in [1.807, 2.05) is 19.4 Å². The molecular formula is C14H23N3. The van der Waals surface area contributed by atoms with Gasteiger partial charge in [-0.2, -0.15) is 0 Å². The van der Waals surface area contributed by atoms with Crippen molar-refractivity contribution in [1.29, 1.82) is 0 Å². The lowest BCUT2D eigenvalue weighted by Gasteiger charge is -2.37. The summed E-state index contributed by atoms with van der Waals surface area (Å²) in [6, 6.07) is 2.12. The number of rotatable bonds is 3. The van der Waals surface area contributed by atoms with Crippen LogP contribution < -0.4 is 10.2 Å². The fraction of sp³-hybridized carbons (Fsp3) is 0.643. The van der Waals surface area contributed by atoms with Gasteiger partial charge in [0.15, 0.2) is 0 Å². The Morgan fingerprint density at radius 3 is 2.71 bits per heavy atom. The van der Waals surface area contributed by atoms with Crippen molar-refractivity contribution in [2.45, 2.75) is 26.8 Å². The third-order valence-electron chi connectivity index (χ3n) is 3.46. The van der Waals surface area contributed by atoms with Gasteiger partial charge in [-0.25, -0.2) is 0 Å². The van der Waals surface area contributed by atoms with Gasteiger partial charge in [0.05, 0.1) is 11.9 Å². The normalized spacial score (nSPS) is 25.0. The van der Waals surface area contributed by atoms with Crippen LogP contribution in [0.3, 0.4) is 0 Å². The van der Waals surface area contributed by atoms with Crippen LogP contribution in [0, 0.1) is 11.8 Å². The molecule has 1 N–H and O–H groups in total. The average Bonchev–Trinajstić information content (AvgIpc) is 2.29. The summed E-state index contributed by atoms with van der Waals surface area (Å²) in [4.78, 5) is 6.78. The van der Waals surface area contributed by atoms with Crippen molar-refractivity contribution >= 4 is 5.69 Å². The summed E-state index contributed by atoms with van der Waals surface area (Å²) in [5.41, 5.74) is 2.66. The largest absolute Gasteiger partial charge is 0.369 e. The standard InChI is InChI=1S/C14H23N3/c1-11-6-12(2)10-17(9-11)14-8-16-5-4-13(14)7-15-3/h4-5,8,11-12,15H,6-7,9-10H2,1-3H3. The maximum absolute atomic E-state index is 4.28. The number of aromatic nitrogens is 1. The van der Waals surface area contributed by atoms with Gasteiger partial charge in [0, 0.05) is 25.8 Å². The minimum atomic E-state index is 0.779. The van der Waals surface area contributed by atoms with E-state index in [1.165, 1.54) is 17.7 Å². The van der Waals surface area contributed by atoms with Crippen molar-refractivity contribution in [3.63, 3.8) is 0 Å². The molecule has 2 heterocycles. The Hall–Kier alpha value is -1.09. The van der Waals surface area contributed by atoms with Crippen LogP contribution in [0.1, 0.15) is 25.8 Å². The van der Waals surface area contributed by atoms with Crippen LogP contribution in [-0.2, 0) is 6.54 Å². The Morgan fingerprint density at radius 1 is 1.35 bits per heavy atom. The summed E-state index contributed by atoms with van der Waals surface area (Å²) >= 11 is 0. The predicted octanol–water partition coefficient (Wildman–Crippen LogP) is 2.28. The number of hydrogen-bond acceptors (Lipinski definition) is 3. The van der Waals surface area contributed by atoms with E-state index in [2.05, 4.69) is 35.1 Å². The Morgan fingerprint density at radius 2 is 2.06 bits per heavy atom. The van der Waals surface area contributed by atoms with Crippen LogP contribution in [0.4, 0.5) is 5.69 Å². The molecule has 0 amide bonds. The Labute approximate surface area is 104 Å². The van der Waals surface area contributed by atoms with Crippen molar-refractivity contribution < 1.29 is 0 Å². The van der Waals surface area contributed by atoms with Crippen molar-refractivity contribution in [3.05, 3.63) is 24.0 Å². The highest BCUT2D eigenvalue weighted by Gasteiger charge is 2.23. The first-order valence-electron chi connectivity index (χ1n) is 6.53. The van der Waals surface area contributed by atoms with Gasteiger partial charge in [0.2, 0.25) is 0 Å². The molecule has 3 heteroatoms. The fourth-order valence-electron chi connectivity index (χ4n) is 2.90. The molecule has 2 atom stereocenters. The zero-order valence-corrected chi connectivity index (χ0v) is 11.1. The third kappa shape index (κ3) is 2.97. The first kappa shape index (κ1) is 12.4. The average molecular weight is 233 g/mol. The lowest BCUT2D eigenvalue weighted by molar-refractivity contribution is 0.356. The van der Waals surface area contributed by atoms with Crippen LogP contribution >= 0.6 is 0 Å². The molecule has 94 valence electrons. The molecule has 0 bridgehead atoms. The van der Waals surface area contributed by atoms with E-state index in [0.717, 1.165) is 31.5 Å². The minimum absolute atomic E-state index is 0.779. The zero-order valence-electron chi connectivity index (χ0n) is 11.1. The van der Waals surface area contributed by atoms with Crippen molar-refractivity contribution in [2.24, 2.45) is 11.8 Å². The molecule has 0 radical (unpaired) electrons. The zero-order chi connectivity index (χ0) is 12.3. The van der Waals surface area contributed by atoms with Gasteiger partial charge in [-0.1, -0.05) is 13.8 Å². The fourth-order valence-corrected chi connectivity index (χ4v) is 2.90. The van der Waals surface area contributed by atoms with Gasteiger partial charge in [-0.05, 0) is 36.9 Å². The predicted molar refractivity (Wildman–Crippen MR) is 72.2 cm³/mol. The number of nitrogens with one attached hydrogen (secondary N) is 1. The molecule has 0 aromatic carbocycles. The molecule has 17 heavy (non-hydrogen) atoms. The van der Waals surface area contributed by atoms with E-state index in [-0.39, 0.29) is 0 Å². The van der Waals surface area contributed by atoms with Crippen molar-refractivity contribution in [1.82, 2.24) is 10.3 Å². The molecule has 0 spiro atoms. The molecule has 0 saturated carbocycles. The van der Waals surface area contributed by atoms with Gasteiger partial charge in [0.1, 0.15) is 0 Å². The number of nitrogens with zero attached hydrogens (tertiary/aromatic N) is 2. The molecular weight excluding hydrogens is 210 g/mol. The van der Waals surface area contributed by atoms with Crippen LogP contribution in [-0.4, -0.2) is 25.1 Å². The number of pyridine rings is 1. The first-order valence-corrected chi connectivity index (χ1v) is 6.53. The highest BCUT2D eigenvalue weighted by atomic mass is 15.1. The Kier molecular flexibility index (Phi) is 4.00. The van der Waals surface area contributed by atoms with Crippen LogP contribution in [0.15, 0.2) is 18.5 Å². The maximum atomic E-state index is 4.28. The molecule has 0 aliphatic carbocycles. The lowest BCUT2D eigenvalue weighted by Crippen LogP contribution is -2.39. The highest BCUT2D eigenvalue weighted by molar-refractivity contribution is 5.52.